The molecule has 0 aromatic heterocycles. The van der Waals surface area contributed by atoms with Gasteiger partial charge in [-0.15, -0.1) is 0 Å². The highest BCUT2D eigenvalue weighted by atomic mass is 32.1. The Balaban J connectivity index is 1.50. The molecule has 0 aliphatic carbocycles. The molecule has 6 nitrogen and oxygen atoms in total. The molecule has 0 spiro atoms. The molecular formula is C25H25N3O3S. The van der Waals surface area contributed by atoms with Crippen molar-refractivity contribution in [2.45, 2.75) is 13.8 Å². The predicted molar refractivity (Wildman–Crippen MR) is 129 cm³/mol. The molecule has 0 aliphatic heterocycles. The van der Waals surface area contributed by atoms with Gasteiger partial charge in [0.2, 0.25) is 0 Å². The van der Waals surface area contributed by atoms with Gasteiger partial charge in [-0.1, -0.05) is 62.4 Å². The average Bonchev–Trinajstić information content (AvgIpc) is 2.82. The minimum atomic E-state index is -0.404. The minimum Gasteiger partial charge on any atom is -0.493 e. The zero-order chi connectivity index (χ0) is 22.9. The van der Waals surface area contributed by atoms with Crippen molar-refractivity contribution >= 4 is 29.1 Å². The Labute approximate surface area is 193 Å². The molecule has 0 aliphatic rings. The fraction of sp³-hybridized carbons (Fsp3) is 0.160. The van der Waals surface area contributed by atoms with Crippen molar-refractivity contribution in [2.24, 2.45) is 5.92 Å². The van der Waals surface area contributed by atoms with Crippen LogP contribution in [0.3, 0.4) is 0 Å². The maximum absolute atomic E-state index is 12.4. The summed E-state index contributed by atoms with van der Waals surface area (Å²) in [5, 5.41) is 2.52. The molecule has 7 heteroatoms. The number of amides is 2. The van der Waals surface area contributed by atoms with Crippen molar-refractivity contribution < 1.29 is 14.3 Å². The molecule has 0 heterocycles. The Bertz CT molecular complexity index is 1080. The lowest BCUT2D eigenvalue weighted by Gasteiger charge is -2.12. The minimum absolute atomic E-state index is 0.0160. The van der Waals surface area contributed by atoms with E-state index in [-0.39, 0.29) is 11.0 Å². The lowest BCUT2D eigenvalue weighted by atomic mass is 10.0. The van der Waals surface area contributed by atoms with Crippen LogP contribution in [0.25, 0.3) is 11.1 Å². The van der Waals surface area contributed by atoms with Crippen molar-refractivity contribution in [3.63, 3.8) is 0 Å². The van der Waals surface area contributed by atoms with E-state index in [0.717, 1.165) is 11.1 Å². The second kappa shape index (κ2) is 11.1. The van der Waals surface area contributed by atoms with Crippen molar-refractivity contribution in [1.29, 1.82) is 0 Å². The summed E-state index contributed by atoms with van der Waals surface area (Å²) in [5.74, 6) is 0.212. The van der Waals surface area contributed by atoms with Gasteiger partial charge >= 0.3 is 0 Å². The summed E-state index contributed by atoms with van der Waals surface area (Å²) < 4.78 is 5.64. The van der Waals surface area contributed by atoms with Crippen LogP contribution in [-0.2, 0) is 0 Å². The summed E-state index contributed by atoms with van der Waals surface area (Å²) in [4.78, 5) is 24.8. The van der Waals surface area contributed by atoms with E-state index in [1.807, 2.05) is 56.3 Å². The Morgan fingerprint density at radius 1 is 0.812 bits per heavy atom. The van der Waals surface area contributed by atoms with Crippen LogP contribution in [0.4, 0.5) is 0 Å². The van der Waals surface area contributed by atoms with Crippen LogP contribution < -0.4 is 20.9 Å². The molecule has 0 saturated carbocycles. The Morgan fingerprint density at radius 3 is 2.19 bits per heavy atom. The van der Waals surface area contributed by atoms with Crippen LogP contribution in [-0.4, -0.2) is 23.5 Å². The Hall–Kier alpha value is -3.71. The summed E-state index contributed by atoms with van der Waals surface area (Å²) in [7, 11) is 0. The molecule has 0 fully saturated rings. The van der Waals surface area contributed by atoms with Gasteiger partial charge < -0.3 is 4.74 Å². The molecular weight excluding hydrogens is 422 g/mol. The topological polar surface area (TPSA) is 79.5 Å². The molecule has 3 rings (SSSR count). The maximum Gasteiger partial charge on any atom is 0.269 e. The van der Waals surface area contributed by atoms with E-state index >= 15 is 0 Å². The molecule has 0 atom stereocenters. The Morgan fingerprint density at radius 2 is 1.50 bits per heavy atom. The molecule has 164 valence electrons. The van der Waals surface area contributed by atoms with Gasteiger partial charge in [0, 0.05) is 11.1 Å². The first-order valence-corrected chi connectivity index (χ1v) is 10.6. The number of rotatable bonds is 6. The van der Waals surface area contributed by atoms with Crippen LogP contribution >= 0.6 is 12.2 Å². The molecule has 0 radical (unpaired) electrons. The van der Waals surface area contributed by atoms with Crippen molar-refractivity contribution in [1.82, 2.24) is 16.2 Å². The number of hydrogen-bond donors (Lipinski definition) is 3. The predicted octanol–water partition coefficient (Wildman–Crippen LogP) is 4.34. The van der Waals surface area contributed by atoms with Crippen LogP contribution in [0.5, 0.6) is 5.75 Å². The van der Waals surface area contributed by atoms with Gasteiger partial charge in [0.1, 0.15) is 5.75 Å². The quantitative estimate of drug-likeness (QED) is 0.387. The van der Waals surface area contributed by atoms with Gasteiger partial charge in [-0.25, -0.2) is 0 Å². The first kappa shape index (κ1) is 23.0. The molecule has 0 unspecified atom stereocenters. The van der Waals surface area contributed by atoms with E-state index in [0.29, 0.717) is 29.4 Å². The average molecular weight is 448 g/mol. The van der Waals surface area contributed by atoms with E-state index < -0.39 is 5.91 Å². The summed E-state index contributed by atoms with van der Waals surface area (Å²) in [6, 6.07) is 23.9. The number of benzene rings is 3. The van der Waals surface area contributed by atoms with Gasteiger partial charge in [-0.05, 0) is 59.6 Å². The summed E-state index contributed by atoms with van der Waals surface area (Å²) in [6.45, 7) is 4.66. The zero-order valence-electron chi connectivity index (χ0n) is 17.9. The molecule has 0 saturated heterocycles. The monoisotopic (exact) mass is 447 g/mol. The van der Waals surface area contributed by atoms with E-state index in [1.54, 1.807) is 36.4 Å². The molecule has 2 amide bonds. The van der Waals surface area contributed by atoms with E-state index in [2.05, 4.69) is 16.2 Å². The van der Waals surface area contributed by atoms with Crippen molar-refractivity contribution in [3.05, 3.63) is 90.0 Å². The second-order valence-electron chi connectivity index (χ2n) is 7.54. The van der Waals surface area contributed by atoms with E-state index in [1.165, 1.54) is 0 Å². The lowest BCUT2D eigenvalue weighted by molar-refractivity contribution is 0.0934. The largest absolute Gasteiger partial charge is 0.493 e. The summed E-state index contributed by atoms with van der Waals surface area (Å²) >= 11 is 5.11. The van der Waals surface area contributed by atoms with Gasteiger partial charge in [-0.3, -0.25) is 25.8 Å². The third kappa shape index (κ3) is 6.65. The standard InChI is InChI=1S/C25H25N3O3S/c1-17(2)16-31-22-10-6-9-21(15-22)23(29)26-25(32)28-27-24(30)20-13-11-19(12-14-20)18-7-4-3-5-8-18/h3-15,17H,16H2,1-2H3,(H,27,30)(H2,26,28,29,32). The number of carbonyl (C=O) groups excluding carboxylic acids is 2. The Kier molecular flexibility index (Phi) is 7.94. The lowest BCUT2D eigenvalue weighted by Crippen LogP contribution is -2.48. The first-order valence-electron chi connectivity index (χ1n) is 10.2. The van der Waals surface area contributed by atoms with Crippen LogP contribution in [0.15, 0.2) is 78.9 Å². The van der Waals surface area contributed by atoms with Gasteiger partial charge in [0.25, 0.3) is 11.8 Å². The van der Waals surface area contributed by atoms with Crippen molar-refractivity contribution in [3.8, 4) is 16.9 Å². The highest BCUT2D eigenvalue weighted by molar-refractivity contribution is 7.80. The van der Waals surface area contributed by atoms with Gasteiger partial charge in [-0.2, -0.15) is 0 Å². The molecule has 0 bridgehead atoms. The number of carbonyl (C=O) groups is 2. The number of hydrazine groups is 1. The van der Waals surface area contributed by atoms with Crippen LogP contribution in [0.1, 0.15) is 34.6 Å². The van der Waals surface area contributed by atoms with Gasteiger partial charge in [0.15, 0.2) is 5.11 Å². The fourth-order valence-corrected chi connectivity index (χ4v) is 2.97. The first-order chi connectivity index (χ1) is 15.4. The van der Waals surface area contributed by atoms with E-state index in [9.17, 15) is 9.59 Å². The normalized spacial score (nSPS) is 10.3. The third-order valence-electron chi connectivity index (χ3n) is 4.45. The SMILES string of the molecule is CC(C)COc1cccc(C(=O)NC(=S)NNC(=O)c2ccc(-c3ccccc3)cc2)c1. The molecule has 3 N–H and O–H groups in total. The third-order valence-corrected chi connectivity index (χ3v) is 4.65. The van der Waals surface area contributed by atoms with Crippen LogP contribution in [0.2, 0.25) is 0 Å². The molecule has 3 aromatic rings. The maximum atomic E-state index is 12.4. The highest BCUT2D eigenvalue weighted by Crippen LogP contribution is 2.19. The second-order valence-corrected chi connectivity index (χ2v) is 7.95. The number of hydrogen-bond acceptors (Lipinski definition) is 4. The number of ether oxygens (including phenoxy) is 1. The number of nitrogens with one attached hydrogen (secondary N) is 3. The fourth-order valence-electron chi connectivity index (χ4n) is 2.83. The zero-order valence-corrected chi connectivity index (χ0v) is 18.7. The van der Waals surface area contributed by atoms with Crippen LogP contribution in [0, 0.1) is 5.92 Å². The smallest absolute Gasteiger partial charge is 0.269 e. The number of thiocarbonyl (C=S) groups is 1. The molecule has 32 heavy (non-hydrogen) atoms. The molecule has 3 aromatic carbocycles. The summed E-state index contributed by atoms with van der Waals surface area (Å²) in [6.07, 6.45) is 0. The van der Waals surface area contributed by atoms with Gasteiger partial charge in [0.05, 0.1) is 6.61 Å². The summed E-state index contributed by atoms with van der Waals surface area (Å²) in [5.41, 5.74) is 7.98. The highest BCUT2D eigenvalue weighted by Gasteiger charge is 2.11. The van der Waals surface area contributed by atoms with Crippen molar-refractivity contribution in [2.75, 3.05) is 6.61 Å². The van der Waals surface area contributed by atoms with E-state index in [4.69, 9.17) is 17.0 Å².